The first-order valence-corrected chi connectivity index (χ1v) is 11.0. The zero-order valence-electron chi connectivity index (χ0n) is 17.1. The monoisotopic (exact) mass is 450 g/mol. The minimum Gasteiger partial charge on any atom is -0.454 e. The number of carbonyl (C=O) groups is 3. The number of hydrogen-bond donors (Lipinski definition) is 0. The van der Waals surface area contributed by atoms with E-state index < -0.39 is 17.5 Å². The number of rotatable bonds is 2. The van der Waals surface area contributed by atoms with E-state index in [9.17, 15) is 14.4 Å². The minimum atomic E-state index is -0.818. The summed E-state index contributed by atoms with van der Waals surface area (Å²) in [5.74, 6) is -0.552. The Balaban J connectivity index is 1.98. The molecule has 0 aromatic rings. The molecule has 1 aliphatic heterocycles. The van der Waals surface area contributed by atoms with Gasteiger partial charge in [-0.1, -0.05) is 43.6 Å². The van der Waals surface area contributed by atoms with Gasteiger partial charge in [-0.15, -0.1) is 0 Å². The van der Waals surface area contributed by atoms with Crippen LogP contribution >= 0.6 is 15.9 Å². The maximum atomic E-state index is 13.5. The van der Waals surface area contributed by atoms with Gasteiger partial charge in [-0.2, -0.15) is 0 Å². The number of halogens is 1. The molecule has 4 rings (SSSR count). The van der Waals surface area contributed by atoms with Crippen molar-refractivity contribution in [1.82, 2.24) is 0 Å². The molecule has 0 radical (unpaired) electrons. The van der Waals surface area contributed by atoms with Crippen molar-refractivity contribution < 1.29 is 23.9 Å². The van der Waals surface area contributed by atoms with E-state index in [2.05, 4.69) is 43.6 Å². The van der Waals surface area contributed by atoms with Crippen LogP contribution in [0.1, 0.15) is 60.3 Å². The van der Waals surface area contributed by atoms with E-state index in [1.807, 2.05) is 0 Å². The molecule has 28 heavy (non-hydrogen) atoms. The van der Waals surface area contributed by atoms with E-state index in [4.69, 9.17) is 9.47 Å². The molecule has 0 spiro atoms. The highest BCUT2D eigenvalue weighted by molar-refractivity contribution is 9.09. The quantitative estimate of drug-likeness (QED) is 0.464. The second-order valence-electron chi connectivity index (χ2n) is 9.53. The Labute approximate surface area is 174 Å². The first-order valence-electron chi connectivity index (χ1n) is 10.1. The van der Waals surface area contributed by atoms with E-state index in [-0.39, 0.29) is 33.8 Å². The van der Waals surface area contributed by atoms with Gasteiger partial charge in [0.1, 0.15) is 5.76 Å². The summed E-state index contributed by atoms with van der Waals surface area (Å²) in [5.41, 5.74) is 1.46. The maximum Gasteiger partial charge on any atom is 0.341 e. The van der Waals surface area contributed by atoms with Gasteiger partial charge in [0, 0.05) is 34.2 Å². The number of carbonyl (C=O) groups excluding carboxylic acids is 3. The number of esters is 2. The molecule has 152 valence electrons. The predicted molar refractivity (Wildman–Crippen MR) is 106 cm³/mol. The molecule has 0 bridgehead atoms. The molecule has 0 aromatic carbocycles. The average Bonchev–Trinajstić information content (AvgIpc) is 3.00. The number of alkyl halides is 1. The van der Waals surface area contributed by atoms with Gasteiger partial charge in [-0.05, 0) is 37.0 Å². The smallest absolute Gasteiger partial charge is 0.341 e. The number of fused-ring (bicyclic) bond motifs is 1. The topological polar surface area (TPSA) is 69.7 Å². The summed E-state index contributed by atoms with van der Waals surface area (Å²) in [4.78, 5) is 38.0. The molecule has 0 amide bonds. The van der Waals surface area contributed by atoms with Crippen molar-refractivity contribution in [2.75, 3.05) is 0 Å². The summed E-state index contributed by atoms with van der Waals surface area (Å²) < 4.78 is 11.3. The molecule has 1 heterocycles. The lowest BCUT2D eigenvalue weighted by Gasteiger charge is -2.38. The van der Waals surface area contributed by atoms with Gasteiger partial charge >= 0.3 is 11.9 Å². The highest BCUT2D eigenvalue weighted by atomic mass is 79.9. The van der Waals surface area contributed by atoms with E-state index in [0.717, 1.165) is 31.3 Å². The van der Waals surface area contributed by atoms with Crippen LogP contribution in [0.25, 0.3) is 0 Å². The Bertz CT molecular complexity index is 853. The van der Waals surface area contributed by atoms with E-state index in [0.29, 0.717) is 16.9 Å². The lowest BCUT2D eigenvalue weighted by atomic mass is 9.66. The molecule has 3 aliphatic carbocycles. The lowest BCUT2D eigenvalue weighted by Crippen LogP contribution is -2.37. The fourth-order valence-corrected chi connectivity index (χ4v) is 6.77. The van der Waals surface area contributed by atoms with Crippen molar-refractivity contribution in [2.45, 2.75) is 71.2 Å². The van der Waals surface area contributed by atoms with Crippen molar-refractivity contribution in [3.8, 4) is 0 Å². The first kappa shape index (κ1) is 19.9. The van der Waals surface area contributed by atoms with Crippen molar-refractivity contribution in [3.63, 3.8) is 0 Å². The van der Waals surface area contributed by atoms with Crippen LogP contribution in [0, 0.1) is 22.7 Å². The summed E-state index contributed by atoms with van der Waals surface area (Å²) >= 11 is 3.64. The Morgan fingerprint density at radius 3 is 2.46 bits per heavy atom. The lowest BCUT2D eigenvalue weighted by molar-refractivity contribution is -0.155. The molecule has 4 aliphatic rings. The van der Waals surface area contributed by atoms with Crippen molar-refractivity contribution in [3.05, 3.63) is 22.5 Å². The zero-order chi connectivity index (χ0) is 20.6. The summed E-state index contributed by atoms with van der Waals surface area (Å²) in [6, 6.07) is 0. The van der Waals surface area contributed by atoms with Gasteiger partial charge in [0.2, 0.25) is 5.78 Å². The van der Waals surface area contributed by atoms with E-state index in [1.54, 1.807) is 0 Å². The average molecular weight is 451 g/mol. The molecule has 0 unspecified atom stereocenters. The SMILES string of the molecule is CC(=O)O[C@H]1C(=O)C2=C3OC(=O)C4=C3[C@@](C)(CC[C@@H]4Br)CC[C@]2(C)[C@H]1C(C)C. The third kappa shape index (κ3) is 2.52. The summed E-state index contributed by atoms with van der Waals surface area (Å²) in [7, 11) is 0. The third-order valence-corrected chi connectivity index (χ3v) is 8.27. The molecule has 5 nitrogen and oxygen atoms in total. The fraction of sp³-hybridized carbons (Fsp3) is 0.682. The number of ether oxygens (including phenoxy) is 2. The second-order valence-corrected chi connectivity index (χ2v) is 10.6. The Morgan fingerprint density at radius 2 is 1.86 bits per heavy atom. The number of ketones is 1. The van der Waals surface area contributed by atoms with Gasteiger partial charge in [-0.25, -0.2) is 4.79 Å². The molecule has 0 saturated heterocycles. The number of hydrogen-bond acceptors (Lipinski definition) is 5. The normalized spacial score (nSPS) is 39.8. The Hall–Kier alpha value is -1.43. The maximum absolute atomic E-state index is 13.5. The molecule has 0 aromatic heterocycles. The van der Waals surface area contributed by atoms with E-state index >= 15 is 0 Å². The van der Waals surface area contributed by atoms with Crippen LogP contribution < -0.4 is 0 Å². The van der Waals surface area contributed by atoms with Gasteiger partial charge in [0.15, 0.2) is 6.10 Å². The largest absolute Gasteiger partial charge is 0.454 e. The Morgan fingerprint density at radius 1 is 1.18 bits per heavy atom. The van der Waals surface area contributed by atoms with Crippen molar-refractivity contribution >= 4 is 33.7 Å². The number of allylic oxidation sites excluding steroid dienone is 1. The molecule has 0 N–H and O–H groups in total. The van der Waals surface area contributed by atoms with Crippen LogP contribution in [-0.4, -0.2) is 28.7 Å². The number of Topliss-reactive ketones (excluding diaryl/α,β-unsaturated/α-hetero) is 1. The highest BCUT2D eigenvalue weighted by Gasteiger charge is 2.62. The van der Waals surface area contributed by atoms with Crippen LogP contribution in [0.15, 0.2) is 22.5 Å². The molecule has 1 fully saturated rings. The molecule has 5 atom stereocenters. The van der Waals surface area contributed by atoms with Crippen LogP contribution in [-0.2, 0) is 23.9 Å². The molecule has 1 saturated carbocycles. The molecular formula is C22H27BrO5. The molecular weight excluding hydrogens is 424 g/mol. The Kier molecular flexibility index (Phi) is 4.46. The van der Waals surface area contributed by atoms with E-state index in [1.165, 1.54) is 6.92 Å². The minimum absolute atomic E-state index is 0.0489. The second kappa shape index (κ2) is 6.28. The third-order valence-electron chi connectivity index (χ3n) is 7.35. The standard InChI is InChI=1S/C22H27BrO5/c1-10(2)14-19(27-11(3)24)17(25)16-18-15-13(20(26)28-18)12(23)6-7-21(15,4)8-9-22(14,16)5/h10,12,14,19H,6-9H2,1-5H3/t12-,14-,19+,21-,22+/m0/s1. The highest BCUT2D eigenvalue weighted by Crippen LogP contribution is 2.63. The van der Waals surface area contributed by atoms with Crippen LogP contribution in [0.5, 0.6) is 0 Å². The molecule has 6 heteroatoms. The van der Waals surface area contributed by atoms with Crippen LogP contribution in [0.4, 0.5) is 0 Å². The fourth-order valence-electron chi connectivity index (χ4n) is 6.12. The van der Waals surface area contributed by atoms with Gasteiger partial charge in [0.05, 0.1) is 5.57 Å². The van der Waals surface area contributed by atoms with Gasteiger partial charge in [-0.3, -0.25) is 9.59 Å². The summed E-state index contributed by atoms with van der Waals surface area (Å²) in [6.07, 6.45) is 2.67. The summed E-state index contributed by atoms with van der Waals surface area (Å²) in [6.45, 7) is 9.73. The zero-order valence-corrected chi connectivity index (χ0v) is 18.6. The first-order chi connectivity index (χ1) is 13.0. The van der Waals surface area contributed by atoms with Crippen molar-refractivity contribution in [2.24, 2.45) is 22.7 Å². The van der Waals surface area contributed by atoms with Crippen molar-refractivity contribution in [1.29, 1.82) is 0 Å². The predicted octanol–water partition coefficient (Wildman–Crippen LogP) is 4.24. The van der Waals surface area contributed by atoms with Gasteiger partial charge < -0.3 is 9.47 Å². The van der Waals surface area contributed by atoms with Crippen LogP contribution in [0.3, 0.4) is 0 Å². The summed E-state index contributed by atoms with van der Waals surface area (Å²) in [5, 5.41) is 0. The van der Waals surface area contributed by atoms with Gasteiger partial charge in [0.25, 0.3) is 0 Å². The van der Waals surface area contributed by atoms with Crippen LogP contribution in [0.2, 0.25) is 0 Å².